The molecule has 0 aromatic heterocycles. The van der Waals surface area contributed by atoms with Crippen molar-refractivity contribution in [2.24, 2.45) is 17.8 Å². The van der Waals surface area contributed by atoms with Crippen LogP contribution in [-0.2, 0) is 19.3 Å². The summed E-state index contributed by atoms with van der Waals surface area (Å²) in [6.45, 7) is 14.0. The van der Waals surface area contributed by atoms with E-state index in [0.29, 0.717) is 17.8 Å². The second-order valence-corrected chi connectivity index (χ2v) is 8.01. The Hall–Kier alpha value is -0.300. The molecule has 0 N–H and O–H groups in total. The van der Waals surface area contributed by atoms with Crippen LogP contribution in [0.15, 0.2) is 30.3 Å². The summed E-state index contributed by atoms with van der Waals surface area (Å²) in [5, 5.41) is 2.89. The molecule has 121 valence electrons. The summed E-state index contributed by atoms with van der Waals surface area (Å²) >= 11 is 0. The van der Waals surface area contributed by atoms with Crippen LogP contribution in [0.25, 0.3) is 10.8 Å². The van der Waals surface area contributed by atoms with E-state index in [1.165, 1.54) is 30.0 Å². The molecule has 2 aromatic rings. The fraction of sp³-hybridized carbons (Fsp3) is 0.545. The largest absolute Gasteiger partial charge is 0.0625 e. The van der Waals surface area contributed by atoms with Crippen LogP contribution in [0.4, 0.5) is 0 Å². The monoisotopic (exact) mass is 319 g/mol. The van der Waals surface area contributed by atoms with Crippen LogP contribution in [0.3, 0.4) is 0 Å². The van der Waals surface area contributed by atoms with Crippen LogP contribution in [-0.4, -0.2) is 29.6 Å². The summed E-state index contributed by atoms with van der Waals surface area (Å²) in [5.41, 5.74) is 4.83. The van der Waals surface area contributed by atoms with Gasteiger partial charge in [0, 0.05) is 29.6 Å². The van der Waals surface area contributed by atoms with Gasteiger partial charge in [-0.15, -0.1) is 0 Å². The van der Waals surface area contributed by atoms with Gasteiger partial charge < -0.3 is 0 Å². The standard InChI is InChI=1S/C22H32.Na/c1-15(2)11-19-14-18-9-7-8-10-20(18)22(13-17(5)6)21(19)12-16(3)4;/h7-10,14-17H,11-13H2,1-6H3;. The molecular formula is C22H32Na. The van der Waals surface area contributed by atoms with Gasteiger partial charge in [-0.3, -0.25) is 0 Å². The molecule has 0 saturated carbocycles. The van der Waals surface area contributed by atoms with Crippen molar-refractivity contribution in [2.75, 3.05) is 0 Å². The summed E-state index contributed by atoms with van der Waals surface area (Å²) in [6, 6.07) is 11.4. The summed E-state index contributed by atoms with van der Waals surface area (Å²) in [6.07, 6.45) is 3.58. The van der Waals surface area contributed by atoms with Gasteiger partial charge in [-0.25, -0.2) is 0 Å². The molecule has 2 aromatic carbocycles. The van der Waals surface area contributed by atoms with Gasteiger partial charge in [0.05, 0.1) is 0 Å². The first kappa shape index (κ1) is 20.7. The SMILES string of the molecule is CC(C)Cc1cc2ccccc2c(CC(C)C)c1CC(C)C.[Na]. The molecule has 0 heterocycles. The van der Waals surface area contributed by atoms with Crippen molar-refractivity contribution < 1.29 is 0 Å². The van der Waals surface area contributed by atoms with Crippen LogP contribution in [0.2, 0.25) is 0 Å². The van der Waals surface area contributed by atoms with E-state index in [-0.39, 0.29) is 29.6 Å². The number of fused-ring (bicyclic) bond motifs is 1. The van der Waals surface area contributed by atoms with E-state index >= 15 is 0 Å². The Morgan fingerprint density at radius 3 is 1.78 bits per heavy atom. The number of hydrogen-bond donors (Lipinski definition) is 0. The molecule has 1 radical (unpaired) electrons. The third-order valence-electron chi connectivity index (χ3n) is 4.22. The summed E-state index contributed by atoms with van der Waals surface area (Å²) in [7, 11) is 0. The summed E-state index contributed by atoms with van der Waals surface area (Å²) in [5.74, 6) is 2.11. The Balaban J connectivity index is 0.00000264. The minimum Gasteiger partial charge on any atom is -0.0625 e. The van der Waals surface area contributed by atoms with Crippen molar-refractivity contribution in [1.82, 2.24) is 0 Å². The second-order valence-electron chi connectivity index (χ2n) is 8.01. The van der Waals surface area contributed by atoms with Crippen LogP contribution >= 0.6 is 0 Å². The molecular weight excluding hydrogens is 287 g/mol. The van der Waals surface area contributed by atoms with Crippen molar-refractivity contribution >= 4 is 40.3 Å². The Labute approximate surface area is 165 Å². The predicted octanol–water partition coefficient (Wildman–Crippen LogP) is 6.05. The average molecular weight is 319 g/mol. The number of benzene rings is 2. The fourth-order valence-electron chi connectivity index (χ4n) is 3.45. The predicted molar refractivity (Wildman–Crippen MR) is 105 cm³/mol. The summed E-state index contributed by atoms with van der Waals surface area (Å²) < 4.78 is 0. The van der Waals surface area contributed by atoms with Crippen LogP contribution in [0.1, 0.15) is 58.2 Å². The smallest absolute Gasteiger partial charge is 0 e. The van der Waals surface area contributed by atoms with Gasteiger partial charge in [-0.1, -0.05) is 71.9 Å². The summed E-state index contributed by atoms with van der Waals surface area (Å²) in [4.78, 5) is 0. The normalized spacial score (nSPS) is 11.5. The van der Waals surface area contributed by atoms with E-state index in [1.807, 2.05) is 0 Å². The van der Waals surface area contributed by atoms with E-state index in [9.17, 15) is 0 Å². The van der Waals surface area contributed by atoms with Crippen molar-refractivity contribution in [3.8, 4) is 0 Å². The van der Waals surface area contributed by atoms with Gasteiger partial charge >= 0.3 is 0 Å². The quantitative estimate of drug-likeness (QED) is 0.568. The molecule has 0 spiro atoms. The van der Waals surface area contributed by atoms with E-state index in [2.05, 4.69) is 71.9 Å². The van der Waals surface area contributed by atoms with Gasteiger partial charge in [-0.05, 0) is 64.5 Å². The van der Waals surface area contributed by atoms with Crippen molar-refractivity contribution in [1.29, 1.82) is 0 Å². The molecule has 0 amide bonds. The Morgan fingerprint density at radius 2 is 1.22 bits per heavy atom. The molecule has 0 bridgehead atoms. The molecule has 0 nitrogen and oxygen atoms in total. The van der Waals surface area contributed by atoms with Crippen LogP contribution in [0, 0.1) is 17.8 Å². The van der Waals surface area contributed by atoms with Gasteiger partial charge in [0.1, 0.15) is 0 Å². The topological polar surface area (TPSA) is 0 Å². The van der Waals surface area contributed by atoms with E-state index in [0.717, 1.165) is 0 Å². The molecule has 0 aliphatic heterocycles. The zero-order chi connectivity index (χ0) is 16.3. The van der Waals surface area contributed by atoms with Gasteiger partial charge in [-0.2, -0.15) is 0 Å². The van der Waals surface area contributed by atoms with Gasteiger partial charge in [0.25, 0.3) is 0 Å². The van der Waals surface area contributed by atoms with E-state index in [4.69, 9.17) is 0 Å². The van der Waals surface area contributed by atoms with Gasteiger partial charge in [0.2, 0.25) is 0 Å². The van der Waals surface area contributed by atoms with Gasteiger partial charge in [0.15, 0.2) is 0 Å². The molecule has 0 fully saturated rings. The first-order valence-corrected chi connectivity index (χ1v) is 8.90. The first-order chi connectivity index (χ1) is 10.4. The number of rotatable bonds is 6. The fourth-order valence-corrected chi connectivity index (χ4v) is 3.45. The zero-order valence-corrected chi connectivity index (χ0v) is 18.2. The van der Waals surface area contributed by atoms with Crippen molar-refractivity contribution in [3.05, 3.63) is 47.0 Å². The minimum absolute atomic E-state index is 0. The molecule has 2 rings (SSSR count). The maximum absolute atomic E-state index is 2.46. The van der Waals surface area contributed by atoms with Crippen LogP contribution in [0.5, 0.6) is 0 Å². The molecule has 0 aliphatic carbocycles. The maximum atomic E-state index is 2.46. The average Bonchev–Trinajstić information content (AvgIpc) is 2.41. The Kier molecular flexibility index (Phi) is 8.35. The van der Waals surface area contributed by atoms with Crippen LogP contribution < -0.4 is 0 Å². The molecule has 0 aliphatic rings. The van der Waals surface area contributed by atoms with Crippen molar-refractivity contribution in [2.45, 2.75) is 60.8 Å². The third kappa shape index (κ3) is 5.62. The Morgan fingerprint density at radius 1 is 0.696 bits per heavy atom. The second kappa shape index (κ2) is 9.25. The minimum atomic E-state index is 0. The number of hydrogen-bond acceptors (Lipinski definition) is 0. The third-order valence-corrected chi connectivity index (χ3v) is 4.22. The van der Waals surface area contributed by atoms with E-state index in [1.54, 1.807) is 16.7 Å². The zero-order valence-electron chi connectivity index (χ0n) is 16.2. The first-order valence-electron chi connectivity index (χ1n) is 8.90. The Bertz CT molecular complexity index is 623. The molecule has 0 atom stereocenters. The maximum Gasteiger partial charge on any atom is 0 e. The van der Waals surface area contributed by atoms with E-state index < -0.39 is 0 Å². The molecule has 1 heteroatoms. The van der Waals surface area contributed by atoms with Crippen molar-refractivity contribution in [3.63, 3.8) is 0 Å². The molecule has 0 saturated heterocycles. The molecule has 0 unspecified atom stereocenters. The molecule has 23 heavy (non-hydrogen) atoms.